The van der Waals surface area contributed by atoms with Crippen LogP contribution in [0, 0.1) is 6.92 Å². The van der Waals surface area contributed by atoms with Crippen molar-refractivity contribution in [3.63, 3.8) is 0 Å². The second kappa shape index (κ2) is 5.94. The molecule has 0 aromatic carbocycles. The minimum atomic E-state index is 0.600. The van der Waals surface area contributed by atoms with E-state index < -0.39 is 0 Å². The number of hydrogen-bond donors (Lipinski definition) is 1. The van der Waals surface area contributed by atoms with Gasteiger partial charge in [0, 0.05) is 37.1 Å². The summed E-state index contributed by atoms with van der Waals surface area (Å²) < 4.78 is 0. The van der Waals surface area contributed by atoms with Crippen LogP contribution in [0.15, 0.2) is 5.38 Å². The highest BCUT2D eigenvalue weighted by molar-refractivity contribution is 7.09. The largest absolute Gasteiger partial charge is 0.311 e. The van der Waals surface area contributed by atoms with E-state index in [1.807, 2.05) is 0 Å². The number of thiazole rings is 1. The number of rotatable bonds is 4. The summed E-state index contributed by atoms with van der Waals surface area (Å²) in [7, 11) is 0. The van der Waals surface area contributed by atoms with Gasteiger partial charge < -0.3 is 5.32 Å². The molecule has 4 heteroatoms. The summed E-state index contributed by atoms with van der Waals surface area (Å²) in [5, 5.41) is 6.95. The lowest BCUT2D eigenvalue weighted by molar-refractivity contribution is 0.119. The second-order valence-corrected chi connectivity index (χ2v) is 6.10. The highest BCUT2D eigenvalue weighted by Crippen LogP contribution is 2.17. The number of hydrogen-bond acceptors (Lipinski definition) is 4. The van der Waals surface area contributed by atoms with Gasteiger partial charge in [0.15, 0.2) is 0 Å². The molecule has 1 N–H and O–H groups in total. The van der Waals surface area contributed by atoms with E-state index >= 15 is 0 Å². The molecular weight excluding hydrogens is 230 g/mol. The Labute approximate surface area is 108 Å². The Kier molecular flexibility index (Phi) is 4.54. The Morgan fingerprint density at radius 1 is 1.59 bits per heavy atom. The summed E-state index contributed by atoms with van der Waals surface area (Å²) in [6.07, 6.45) is 2.54. The molecule has 1 fully saturated rings. The van der Waals surface area contributed by atoms with Gasteiger partial charge in [-0.2, -0.15) is 0 Å². The van der Waals surface area contributed by atoms with Gasteiger partial charge in [-0.1, -0.05) is 13.3 Å². The zero-order chi connectivity index (χ0) is 12.3. The van der Waals surface area contributed by atoms with Gasteiger partial charge in [0.25, 0.3) is 0 Å². The summed E-state index contributed by atoms with van der Waals surface area (Å²) in [6, 6.07) is 1.28. The van der Waals surface area contributed by atoms with Gasteiger partial charge in [-0.25, -0.2) is 4.98 Å². The SMILES string of the molecule is CCCC1CNC(C)CN1Cc1csc(C)n1. The van der Waals surface area contributed by atoms with Gasteiger partial charge in [0.1, 0.15) is 0 Å². The zero-order valence-corrected chi connectivity index (χ0v) is 11.9. The van der Waals surface area contributed by atoms with Crippen LogP contribution in [0.3, 0.4) is 0 Å². The van der Waals surface area contributed by atoms with Crippen LogP contribution < -0.4 is 5.32 Å². The standard InChI is InChI=1S/C13H23N3S/c1-4-5-13-6-14-10(2)7-16(13)8-12-9-17-11(3)15-12/h9-10,13-14H,4-8H2,1-3H3. The summed E-state index contributed by atoms with van der Waals surface area (Å²) in [6.45, 7) is 9.89. The monoisotopic (exact) mass is 253 g/mol. The quantitative estimate of drug-likeness (QED) is 0.893. The predicted molar refractivity (Wildman–Crippen MR) is 73.4 cm³/mol. The molecule has 1 aromatic rings. The smallest absolute Gasteiger partial charge is 0.0897 e. The van der Waals surface area contributed by atoms with Crippen molar-refractivity contribution in [1.82, 2.24) is 15.2 Å². The third-order valence-corrected chi connectivity index (χ3v) is 4.20. The lowest BCUT2D eigenvalue weighted by atomic mass is 10.1. The van der Waals surface area contributed by atoms with Crippen LogP contribution in [0.5, 0.6) is 0 Å². The van der Waals surface area contributed by atoms with E-state index in [9.17, 15) is 0 Å². The molecule has 2 heterocycles. The number of aromatic nitrogens is 1. The summed E-state index contributed by atoms with van der Waals surface area (Å²) >= 11 is 1.75. The molecule has 1 aliphatic rings. The van der Waals surface area contributed by atoms with E-state index in [0.717, 1.165) is 19.6 Å². The van der Waals surface area contributed by atoms with Crippen LogP contribution in [-0.4, -0.2) is 35.1 Å². The maximum atomic E-state index is 4.58. The van der Waals surface area contributed by atoms with Crippen molar-refractivity contribution in [2.45, 2.75) is 52.2 Å². The highest BCUT2D eigenvalue weighted by atomic mass is 32.1. The maximum Gasteiger partial charge on any atom is 0.0897 e. The van der Waals surface area contributed by atoms with E-state index in [1.165, 1.54) is 23.5 Å². The Balaban J connectivity index is 1.99. The molecule has 0 radical (unpaired) electrons. The molecule has 2 unspecified atom stereocenters. The zero-order valence-electron chi connectivity index (χ0n) is 11.1. The number of nitrogens with one attached hydrogen (secondary N) is 1. The molecule has 2 atom stereocenters. The molecule has 96 valence electrons. The van der Waals surface area contributed by atoms with Gasteiger partial charge in [0.2, 0.25) is 0 Å². The molecule has 0 amide bonds. The summed E-state index contributed by atoms with van der Waals surface area (Å²) in [4.78, 5) is 7.18. The average Bonchev–Trinajstić information content (AvgIpc) is 2.68. The van der Waals surface area contributed by atoms with E-state index in [0.29, 0.717) is 12.1 Å². The number of nitrogens with zero attached hydrogens (tertiary/aromatic N) is 2. The second-order valence-electron chi connectivity index (χ2n) is 5.04. The fourth-order valence-electron chi connectivity index (χ4n) is 2.53. The third-order valence-electron chi connectivity index (χ3n) is 3.38. The van der Waals surface area contributed by atoms with Crippen molar-refractivity contribution >= 4 is 11.3 Å². The molecule has 17 heavy (non-hydrogen) atoms. The van der Waals surface area contributed by atoms with Crippen molar-refractivity contribution in [1.29, 1.82) is 0 Å². The van der Waals surface area contributed by atoms with Crippen molar-refractivity contribution in [2.75, 3.05) is 13.1 Å². The first kappa shape index (κ1) is 13.0. The summed E-state index contributed by atoms with van der Waals surface area (Å²) in [5.41, 5.74) is 1.24. The molecule has 0 aliphatic carbocycles. The van der Waals surface area contributed by atoms with E-state index in [2.05, 4.69) is 41.4 Å². The van der Waals surface area contributed by atoms with Crippen LogP contribution in [0.1, 0.15) is 37.4 Å². The Bertz CT molecular complexity index is 350. The average molecular weight is 253 g/mol. The predicted octanol–water partition coefficient (Wildman–Crippen LogP) is 2.41. The van der Waals surface area contributed by atoms with Gasteiger partial charge in [-0.05, 0) is 20.3 Å². The first-order valence-corrected chi connectivity index (χ1v) is 7.45. The van der Waals surface area contributed by atoms with Gasteiger partial charge >= 0.3 is 0 Å². The van der Waals surface area contributed by atoms with Crippen LogP contribution in [-0.2, 0) is 6.54 Å². The van der Waals surface area contributed by atoms with E-state index in [4.69, 9.17) is 0 Å². The minimum Gasteiger partial charge on any atom is -0.311 e. The van der Waals surface area contributed by atoms with E-state index in [1.54, 1.807) is 11.3 Å². The molecular formula is C13H23N3S. The van der Waals surface area contributed by atoms with Gasteiger partial charge in [-0.15, -0.1) is 11.3 Å². The maximum absolute atomic E-state index is 4.58. The van der Waals surface area contributed by atoms with Crippen LogP contribution >= 0.6 is 11.3 Å². The van der Waals surface area contributed by atoms with E-state index in [-0.39, 0.29) is 0 Å². The lowest BCUT2D eigenvalue weighted by Crippen LogP contribution is -2.54. The number of piperazine rings is 1. The van der Waals surface area contributed by atoms with Crippen LogP contribution in [0.25, 0.3) is 0 Å². The Morgan fingerprint density at radius 3 is 3.06 bits per heavy atom. The van der Waals surface area contributed by atoms with Gasteiger partial charge in [0.05, 0.1) is 10.7 Å². The fourth-order valence-corrected chi connectivity index (χ4v) is 3.14. The lowest BCUT2D eigenvalue weighted by Gasteiger charge is -2.39. The molecule has 2 rings (SSSR count). The highest BCUT2D eigenvalue weighted by Gasteiger charge is 2.25. The van der Waals surface area contributed by atoms with Crippen LogP contribution in [0.2, 0.25) is 0 Å². The Hall–Kier alpha value is -0.450. The third kappa shape index (κ3) is 3.50. The molecule has 1 aliphatic heterocycles. The van der Waals surface area contributed by atoms with Crippen LogP contribution in [0.4, 0.5) is 0 Å². The van der Waals surface area contributed by atoms with Gasteiger partial charge in [-0.3, -0.25) is 4.90 Å². The van der Waals surface area contributed by atoms with Crippen molar-refractivity contribution in [3.05, 3.63) is 16.1 Å². The topological polar surface area (TPSA) is 28.2 Å². The van der Waals surface area contributed by atoms with Crippen molar-refractivity contribution in [2.24, 2.45) is 0 Å². The Morgan fingerprint density at radius 2 is 2.41 bits per heavy atom. The van der Waals surface area contributed by atoms with Crippen molar-refractivity contribution in [3.8, 4) is 0 Å². The van der Waals surface area contributed by atoms with Crippen molar-refractivity contribution < 1.29 is 0 Å². The molecule has 0 bridgehead atoms. The first-order valence-electron chi connectivity index (χ1n) is 6.57. The molecule has 3 nitrogen and oxygen atoms in total. The fraction of sp³-hybridized carbons (Fsp3) is 0.769. The molecule has 1 aromatic heterocycles. The molecule has 0 spiro atoms. The molecule has 1 saturated heterocycles. The molecule has 0 saturated carbocycles. The normalized spacial score (nSPS) is 26.3. The summed E-state index contributed by atoms with van der Waals surface area (Å²) in [5.74, 6) is 0. The minimum absolute atomic E-state index is 0.600. The number of aryl methyl sites for hydroxylation is 1. The first-order chi connectivity index (χ1) is 8.19.